The molecule has 0 fully saturated rings. The lowest BCUT2D eigenvalue weighted by Gasteiger charge is -2.26. The number of nitrogens with zero attached hydrogens (tertiary/aromatic N) is 1. The third-order valence-electron chi connectivity index (χ3n) is 4.98. The van der Waals surface area contributed by atoms with Gasteiger partial charge in [0, 0.05) is 10.0 Å². The fraction of sp³-hybridized carbons (Fsp3) is 0.208. The molecule has 0 aliphatic rings. The van der Waals surface area contributed by atoms with E-state index >= 15 is 0 Å². The molecule has 32 heavy (non-hydrogen) atoms. The number of benzene rings is 3. The van der Waals surface area contributed by atoms with Gasteiger partial charge in [0.15, 0.2) is 0 Å². The van der Waals surface area contributed by atoms with Gasteiger partial charge in [0.05, 0.1) is 16.6 Å². The monoisotopic (exact) mass is 490 g/mol. The van der Waals surface area contributed by atoms with Gasteiger partial charge in [0.25, 0.3) is 10.0 Å². The maximum Gasteiger partial charge on any atom is 0.264 e. The Kier molecular flexibility index (Phi) is 7.82. The highest BCUT2D eigenvalue weighted by atomic mass is 35.5. The van der Waals surface area contributed by atoms with Gasteiger partial charge in [0.2, 0.25) is 5.91 Å². The highest BCUT2D eigenvalue weighted by molar-refractivity contribution is 7.92. The van der Waals surface area contributed by atoms with Crippen LogP contribution >= 0.6 is 23.2 Å². The lowest BCUT2D eigenvalue weighted by molar-refractivity contribution is -0.120. The molecule has 5 nitrogen and oxygen atoms in total. The van der Waals surface area contributed by atoms with Crippen LogP contribution in [-0.4, -0.2) is 20.9 Å². The van der Waals surface area contributed by atoms with E-state index in [-0.39, 0.29) is 26.7 Å². The Morgan fingerprint density at radius 2 is 1.56 bits per heavy atom. The van der Waals surface area contributed by atoms with Crippen LogP contribution in [0.2, 0.25) is 10.0 Å². The molecule has 0 saturated carbocycles. The van der Waals surface area contributed by atoms with Gasteiger partial charge in [-0.05, 0) is 49.2 Å². The Hall–Kier alpha value is -2.54. The molecule has 1 N–H and O–H groups in total. The minimum atomic E-state index is -4.05. The van der Waals surface area contributed by atoms with E-state index in [0.717, 1.165) is 15.4 Å². The number of hydrogen-bond donors (Lipinski definition) is 1. The molecular formula is C24H24Cl2N2O3S. The largest absolute Gasteiger partial charge is 0.348 e. The van der Waals surface area contributed by atoms with Crippen molar-refractivity contribution in [3.63, 3.8) is 0 Å². The summed E-state index contributed by atoms with van der Waals surface area (Å²) in [5.41, 5.74) is 2.08. The number of carbonyl (C=O) groups is 1. The minimum absolute atomic E-state index is 0.0714. The van der Waals surface area contributed by atoms with Crippen molar-refractivity contribution in [2.45, 2.75) is 31.2 Å². The molecule has 1 unspecified atom stereocenters. The van der Waals surface area contributed by atoms with E-state index in [2.05, 4.69) is 5.32 Å². The zero-order chi connectivity index (χ0) is 23.3. The Morgan fingerprint density at radius 1 is 0.969 bits per heavy atom. The van der Waals surface area contributed by atoms with Gasteiger partial charge in [-0.2, -0.15) is 0 Å². The van der Waals surface area contributed by atoms with Gasteiger partial charge in [0.1, 0.15) is 6.54 Å². The van der Waals surface area contributed by atoms with Crippen LogP contribution in [0.3, 0.4) is 0 Å². The first-order valence-electron chi connectivity index (χ1n) is 10.1. The number of rotatable bonds is 8. The van der Waals surface area contributed by atoms with E-state index in [1.54, 1.807) is 12.1 Å². The zero-order valence-electron chi connectivity index (χ0n) is 17.8. The SMILES string of the molecule is CCC(NC(=O)CN(c1cc(Cl)cc(Cl)c1)S(=O)(=O)c1ccc(C)cc1)c1ccccc1. The number of amides is 1. The number of anilines is 1. The Morgan fingerprint density at radius 3 is 2.12 bits per heavy atom. The molecule has 0 saturated heterocycles. The van der Waals surface area contributed by atoms with E-state index in [9.17, 15) is 13.2 Å². The van der Waals surface area contributed by atoms with Crippen molar-refractivity contribution in [3.05, 3.63) is 94.0 Å². The van der Waals surface area contributed by atoms with Crippen molar-refractivity contribution < 1.29 is 13.2 Å². The number of carbonyl (C=O) groups excluding carboxylic acids is 1. The molecule has 0 aliphatic carbocycles. The lowest BCUT2D eigenvalue weighted by atomic mass is 10.0. The summed E-state index contributed by atoms with van der Waals surface area (Å²) in [6.45, 7) is 3.40. The number of sulfonamides is 1. The maximum absolute atomic E-state index is 13.5. The van der Waals surface area contributed by atoms with Crippen molar-refractivity contribution in [1.82, 2.24) is 5.32 Å². The van der Waals surface area contributed by atoms with Crippen LogP contribution in [0.5, 0.6) is 0 Å². The van der Waals surface area contributed by atoms with E-state index in [0.29, 0.717) is 6.42 Å². The Balaban J connectivity index is 1.95. The second-order valence-electron chi connectivity index (χ2n) is 7.39. The molecule has 168 valence electrons. The minimum Gasteiger partial charge on any atom is -0.348 e. The summed E-state index contributed by atoms with van der Waals surface area (Å²) in [6.07, 6.45) is 0.656. The van der Waals surface area contributed by atoms with Crippen molar-refractivity contribution in [2.75, 3.05) is 10.8 Å². The molecule has 3 aromatic rings. The van der Waals surface area contributed by atoms with E-state index in [1.165, 1.54) is 30.3 Å². The highest BCUT2D eigenvalue weighted by Crippen LogP contribution is 2.30. The van der Waals surface area contributed by atoms with Gasteiger partial charge < -0.3 is 5.32 Å². The maximum atomic E-state index is 13.5. The van der Waals surface area contributed by atoms with Crippen molar-refractivity contribution in [2.24, 2.45) is 0 Å². The predicted octanol–water partition coefficient (Wildman–Crippen LogP) is 5.76. The van der Waals surface area contributed by atoms with Crippen LogP contribution in [0.1, 0.15) is 30.5 Å². The quantitative estimate of drug-likeness (QED) is 0.436. The third-order valence-corrected chi connectivity index (χ3v) is 7.20. The van der Waals surface area contributed by atoms with Gasteiger partial charge in [-0.25, -0.2) is 8.42 Å². The molecule has 1 amide bonds. The summed E-state index contributed by atoms with van der Waals surface area (Å²) >= 11 is 12.3. The summed E-state index contributed by atoms with van der Waals surface area (Å²) in [7, 11) is -4.05. The summed E-state index contributed by atoms with van der Waals surface area (Å²) < 4.78 is 28.0. The van der Waals surface area contributed by atoms with Crippen LogP contribution in [0.4, 0.5) is 5.69 Å². The van der Waals surface area contributed by atoms with Gasteiger partial charge in [-0.3, -0.25) is 9.10 Å². The first-order valence-corrected chi connectivity index (χ1v) is 12.3. The molecule has 0 aliphatic heterocycles. The fourth-order valence-corrected chi connectivity index (χ4v) is 5.23. The molecule has 0 bridgehead atoms. The number of aryl methyl sites for hydroxylation is 1. The van der Waals surface area contributed by atoms with Crippen molar-refractivity contribution >= 4 is 44.8 Å². The molecule has 8 heteroatoms. The fourth-order valence-electron chi connectivity index (χ4n) is 3.31. The molecular weight excluding hydrogens is 467 g/mol. The van der Waals surface area contributed by atoms with Gasteiger partial charge >= 0.3 is 0 Å². The molecule has 0 radical (unpaired) electrons. The Labute approximate surface area is 199 Å². The smallest absolute Gasteiger partial charge is 0.264 e. The zero-order valence-corrected chi connectivity index (χ0v) is 20.1. The summed E-state index contributed by atoms with van der Waals surface area (Å²) in [5, 5.41) is 3.48. The van der Waals surface area contributed by atoms with Gasteiger partial charge in [-0.1, -0.05) is 78.2 Å². The van der Waals surface area contributed by atoms with Crippen LogP contribution < -0.4 is 9.62 Å². The number of hydrogen-bond acceptors (Lipinski definition) is 3. The van der Waals surface area contributed by atoms with Crippen LogP contribution in [0.15, 0.2) is 77.7 Å². The average molecular weight is 491 g/mol. The van der Waals surface area contributed by atoms with Crippen LogP contribution in [0.25, 0.3) is 0 Å². The first kappa shape index (κ1) is 24.1. The van der Waals surface area contributed by atoms with Crippen molar-refractivity contribution in [1.29, 1.82) is 0 Å². The highest BCUT2D eigenvalue weighted by Gasteiger charge is 2.28. The first-order chi connectivity index (χ1) is 15.2. The lowest BCUT2D eigenvalue weighted by Crippen LogP contribution is -2.42. The van der Waals surface area contributed by atoms with E-state index in [4.69, 9.17) is 23.2 Å². The predicted molar refractivity (Wildman–Crippen MR) is 130 cm³/mol. The summed E-state index contributed by atoms with van der Waals surface area (Å²) in [5.74, 6) is -0.438. The summed E-state index contributed by atoms with van der Waals surface area (Å²) in [4.78, 5) is 13.1. The van der Waals surface area contributed by atoms with Crippen LogP contribution in [0, 0.1) is 6.92 Å². The number of halogens is 2. The molecule has 3 rings (SSSR count). The molecule has 3 aromatic carbocycles. The van der Waals surface area contributed by atoms with E-state index in [1.807, 2.05) is 44.2 Å². The molecule has 0 aromatic heterocycles. The topological polar surface area (TPSA) is 66.5 Å². The average Bonchev–Trinajstić information content (AvgIpc) is 2.76. The molecule has 0 heterocycles. The molecule has 1 atom stereocenters. The number of nitrogens with one attached hydrogen (secondary N) is 1. The summed E-state index contributed by atoms with van der Waals surface area (Å²) in [6, 6.07) is 20.2. The van der Waals surface area contributed by atoms with Crippen molar-refractivity contribution in [3.8, 4) is 0 Å². The third kappa shape index (κ3) is 5.82. The Bertz CT molecular complexity index is 1160. The van der Waals surface area contributed by atoms with Gasteiger partial charge in [-0.15, -0.1) is 0 Å². The molecule has 0 spiro atoms. The van der Waals surface area contributed by atoms with Crippen LogP contribution in [-0.2, 0) is 14.8 Å². The van der Waals surface area contributed by atoms with E-state index < -0.39 is 22.5 Å². The normalized spacial score (nSPS) is 12.2. The second-order valence-corrected chi connectivity index (χ2v) is 10.1. The second kappa shape index (κ2) is 10.4. The standard InChI is InChI=1S/C24H24Cl2N2O3S/c1-3-23(18-7-5-4-6-8-18)27-24(29)16-28(21-14-19(25)13-20(26)15-21)32(30,31)22-11-9-17(2)10-12-22/h4-15,23H,3,16H2,1-2H3,(H,27,29).